The second-order valence-corrected chi connectivity index (χ2v) is 27.6. The monoisotopic (exact) mass is 1100 g/mol. The SMILES string of the molecule is CC(C)OC(=O)NC1CCC(c2ncc(-c3ccc(Oc4cnn(C5COC5)c4)cc3S(=O)(=O)C3CC3C3C[C@H](NC(=O)OC(C)C)CC[C@H]3c3ncc(-c4ccc(-n5cccn5)cc4S(=O)(=O)C4CC4)s3)s2)CC1. The number of sulfone groups is 2. The first-order valence-corrected chi connectivity index (χ1v) is 30.7. The smallest absolute Gasteiger partial charge is 0.407 e. The third kappa shape index (κ3) is 11.1. The molecule has 1 aliphatic heterocycles. The molecule has 1 saturated heterocycles. The summed E-state index contributed by atoms with van der Waals surface area (Å²) in [5.74, 6) is 0.331. The van der Waals surface area contributed by atoms with Crippen molar-refractivity contribution in [1.29, 1.82) is 0 Å². The number of alkyl carbamates (subject to hydrolysis) is 2. The normalized spacial score (nSPS) is 24.2. The highest BCUT2D eigenvalue weighted by atomic mass is 32.2. The van der Waals surface area contributed by atoms with Gasteiger partial charge in [-0.3, -0.25) is 4.68 Å². The molecule has 2 aromatic carbocycles. The highest BCUT2D eigenvalue weighted by Gasteiger charge is 2.55. The van der Waals surface area contributed by atoms with Gasteiger partial charge in [0, 0.05) is 65.9 Å². The molecule has 5 aliphatic rings. The quantitative estimate of drug-likeness (QED) is 0.0867. The largest absolute Gasteiger partial charge is 0.454 e. The Morgan fingerprint density at radius 2 is 1.36 bits per heavy atom. The van der Waals surface area contributed by atoms with Crippen LogP contribution in [-0.4, -0.2) is 107 Å². The van der Waals surface area contributed by atoms with Gasteiger partial charge in [-0.05, 0) is 134 Å². The Labute approximate surface area is 444 Å². The van der Waals surface area contributed by atoms with Gasteiger partial charge in [0.05, 0.1) is 89.6 Å². The summed E-state index contributed by atoms with van der Waals surface area (Å²) in [5.41, 5.74) is 1.76. The molecule has 6 aromatic rings. The average Bonchev–Trinajstić information content (AvgIpc) is 4.06. The molecule has 0 spiro atoms. The van der Waals surface area contributed by atoms with Crippen molar-refractivity contribution in [3.05, 3.63) is 89.7 Å². The fourth-order valence-electron chi connectivity index (χ4n) is 10.9. The Morgan fingerprint density at radius 1 is 0.707 bits per heavy atom. The number of nitrogens with one attached hydrogen (secondary N) is 2. The molecule has 5 atom stereocenters. The number of benzene rings is 2. The van der Waals surface area contributed by atoms with E-state index in [2.05, 4.69) is 20.8 Å². The molecule has 22 heteroatoms. The van der Waals surface area contributed by atoms with Gasteiger partial charge in [0.25, 0.3) is 0 Å². The minimum absolute atomic E-state index is 0.00718. The van der Waals surface area contributed by atoms with Gasteiger partial charge in [-0.15, -0.1) is 22.7 Å². The number of carbonyl (C=O) groups is 2. The Balaban J connectivity index is 0.892. The van der Waals surface area contributed by atoms with Crippen LogP contribution in [0.2, 0.25) is 0 Å². The van der Waals surface area contributed by atoms with E-state index in [-0.39, 0.29) is 63.8 Å². The number of nitrogens with zero attached hydrogens (tertiary/aromatic N) is 6. The lowest BCUT2D eigenvalue weighted by Gasteiger charge is -2.36. The topological polar surface area (TPSA) is 225 Å². The van der Waals surface area contributed by atoms with E-state index in [0.29, 0.717) is 84.9 Å². The van der Waals surface area contributed by atoms with E-state index in [9.17, 15) is 18.0 Å². The van der Waals surface area contributed by atoms with Gasteiger partial charge < -0.3 is 29.6 Å². The van der Waals surface area contributed by atoms with Crippen LogP contribution in [0, 0.1) is 11.8 Å². The van der Waals surface area contributed by atoms with E-state index in [4.69, 9.17) is 28.9 Å². The van der Waals surface area contributed by atoms with Crippen molar-refractivity contribution in [3.8, 4) is 38.1 Å². The first-order valence-electron chi connectivity index (χ1n) is 26.0. The molecular weight excluding hydrogens is 1040 g/mol. The minimum Gasteiger partial charge on any atom is -0.454 e. The molecule has 2 amide bonds. The van der Waals surface area contributed by atoms with E-state index in [0.717, 1.165) is 40.6 Å². The first kappa shape index (κ1) is 51.4. The molecule has 2 N–H and O–H groups in total. The molecule has 3 unspecified atom stereocenters. The van der Waals surface area contributed by atoms with Gasteiger partial charge in [0.15, 0.2) is 25.4 Å². The van der Waals surface area contributed by atoms with E-state index < -0.39 is 42.4 Å². The number of carbonyl (C=O) groups excluding carboxylic acids is 2. The van der Waals surface area contributed by atoms with Crippen LogP contribution >= 0.6 is 22.7 Å². The standard InChI is InChI=1S/C53H62N8O10S4/c1-30(2)69-52(62)58-33-8-6-32(7-9-33)50-54-25-45(72-50)42-17-12-37(71-38-24-57-61(27-38)36-28-68-29-36)22-48(42)75(66,67)49-23-44(49)43-20-34(59-53(63)70-31(3)4)10-15-40(43)51-55-26-46(73-51)41-16-11-35(60-19-5-18-56-60)21-47(41)74(64,65)39-13-14-39/h5,11-12,16-19,21-22,24-27,30-34,36,39-40,43-44,49H,6-10,13-15,20,23,28-29H2,1-4H3,(H,58,62)(H,59,63)/t32?,33?,34-,40-,43?,44?,49?/m1/s1. The Morgan fingerprint density at radius 3 is 2.01 bits per heavy atom. The molecule has 4 saturated carbocycles. The fourth-order valence-corrected chi connectivity index (χ4v) is 17.5. The summed E-state index contributed by atoms with van der Waals surface area (Å²) >= 11 is 2.94. The Bertz CT molecular complexity index is 3260. The van der Waals surface area contributed by atoms with Gasteiger partial charge in [0.2, 0.25) is 0 Å². The van der Waals surface area contributed by atoms with Gasteiger partial charge in [-0.1, -0.05) is 6.07 Å². The average molecular weight is 1100 g/mol. The third-order valence-corrected chi connectivity index (χ3v) is 21.9. The number of rotatable bonds is 17. The summed E-state index contributed by atoms with van der Waals surface area (Å²) in [6, 6.07) is 12.2. The number of ether oxygens (including phenoxy) is 4. The van der Waals surface area contributed by atoms with Crippen LogP contribution in [0.4, 0.5) is 9.59 Å². The lowest BCUT2D eigenvalue weighted by atomic mass is 9.74. The molecule has 4 aliphatic carbocycles. The molecule has 5 heterocycles. The van der Waals surface area contributed by atoms with Crippen LogP contribution in [0.3, 0.4) is 0 Å². The molecule has 0 radical (unpaired) electrons. The molecule has 5 fully saturated rings. The number of aromatic nitrogens is 6. The lowest BCUT2D eigenvalue weighted by Crippen LogP contribution is -2.42. The highest BCUT2D eigenvalue weighted by Crippen LogP contribution is 2.56. The molecule has 11 rings (SSSR count). The first-order chi connectivity index (χ1) is 36.1. The fraction of sp³-hybridized carbons (Fsp3) is 0.509. The van der Waals surface area contributed by atoms with Gasteiger partial charge in [0.1, 0.15) is 5.75 Å². The van der Waals surface area contributed by atoms with Crippen molar-refractivity contribution in [1.82, 2.24) is 40.2 Å². The predicted octanol–water partition coefficient (Wildman–Crippen LogP) is 10.0. The van der Waals surface area contributed by atoms with E-state index in [1.165, 1.54) is 22.7 Å². The maximum atomic E-state index is 15.5. The number of thiazole rings is 2. The van der Waals surface area contributed by atoms with Crippen molar-refractivity contribution in [2.24, 2.45) is 11.8 Å². The number of hydrogen-bond donors (Lipinski definition) is 2. The summed E-state index contributed by atoms with van der Waals surface area (Å²) in [5, 5.41) is 15.4. The summed E-state index contributed by atoms with van der Waals surface area (Å²) < 4.78 is 85.0. The molecule has 398 valence electrons. The maximum Gasteiger partial charge on any atom is 0.407 e. The summed E-state index contributed by atoms with van der Waals surface area (Å²) in [6.07, 6.45) is 15.4. The van der Waals surface area contributed by atoms with Crippen LogP contribution in [-0.2, 0) is 33.9 Å². The minimum atomic E-state index is -4.04. The molecule has 0 bridgehead atoms. The second-order valence-electron chi connectivity index (χ2n) is 21.1. The summed E-state index contributed by atoms with van der Waals surface area (Å²) in [6.45, 7) is 8.34. The van der Waals surface area contributed by atoms with E-state index in [1.54, 1.807) is 84.7 Å². The van der Waals surface area contributed by atoms with Gasteiger partial charge in [-0.2, -0.15) is 10.2 Å². The molecule has 75 heavy (non-hydrogen) atoms. The molecular formula is C53H62N8O10S4. The van der Waals surface area contributed by atoms with Gasteiger partial charge in [-0.25, -0.2) is 41.1 Å². The van der Waals surface area contributed by atoms with Crippen LogP contribution in [0.1, 0.15) is 120 Å². The van der Waals surface area contributed by atoms with Crippen LogP contribution < -0.4 is 15.4 Å². The van der Waals surface area contributed by atoms with E-state index in [1.807, 2.05) is 32.0 Å². The number of amides is 2. The Hall–Kier alpha value is -5.68. The van der Waals surface area contributed by atoms with Crippen LogP contribution in [0.25, 0.3) is 26.6 Å². The Kier molecular flexibility index (Phi) is 14.4. The van der Waals surface area contributed by atoms with Crippen molar-refractivity contribution >= 4 is 54.5 Å². The van der Waals surface area contributed by atoms with Crippen molar-refractivity contribution in [2.45, 2.75) is 154 Å². The zero-order valence-electron chi connectivity index (χ0n) is 42.2. The van der Waals surface area contributed by atoms with Crippen molar-refractivity contribution in [2.75, 3.05) is 13.2 Å². The van der Waals surface area contributed by atoms with Gasteiger partial charge >= 0.3 is 12.2 Å². The van der Waals surface area contributed by atoms with Crippen LogP contribution in [0.15, 0.2) is 89.4 Å². The van der Waals surface area contributed by atoms with Crippen LogP contribution in [0.5, 0.6) is 11.5 Å². The third-order valence-electron chi connectivity index (χ3n) is 15.0. The maximum absolute atomic E-state index is 15.5. The molecule has 18 nitrogen and oxygen atoms in total. The summed E-state index contributed by atoms with van der Waals surface area (Å²) in [7, 11) is -7.69. The lowest BCUT2D eigenvalue weighted by molar-refractivity contribution is -0.0287. The molecule has 4 aromatic heterocycles. The predicted molar refractivity (Wildman–Crippen MR) is 282 cm³/mol. The van der Waals surface area contributed by atoms with Crippen molar-refractivity contribution < 1.29 is 45.4 Å². The number of hydrogen-bond acceptors (Lipinski definition) is 16. The second kappa shape index (κ2) is 21.0. The highest BCUT2D eigenvalue weighted by molar-refractivity contribution is 7.92. The van der Waals surface area contributed by atoms with E-state index >= 15 is 8.42 Å². The summed E-state index contributed by atoms with van der Waals surface area (Å²) in [4.78, 5) is 37.1. The zero-order chi connectivity index (χ0) is 52.2. The van der Waals surface area contributed by atoms with Crippen molar-refractivity contribution in [3.63, 3.8) is 0 Å². The zero-order valence-corrected chi connectivity index (χ0v) is 45.5.